The number of carbonyl (C=O) groups is 1. The highest BCUT2D eigenvalue weighted by Gasteiger charge is 2.31. The molecule has 2 heterocycles. The Morgan fingerprint density at radius 1 is 1.14 bits per heavy atom. The van der Waals surface area contributed by atoms with Gasteiger partial charge in [-0.15, -0.1) is 0 Å². The molecule has 1 aromatic heterocycles. The predicted octanol–water partition coefficient (Wildman–Crippen LogP) is 3.98. The molecule has 3 aromatic rings. The number of hydrogen-bond acceptors (Lipinski definition) is 3. The molecular weight excluding hydrogens is 350 g/mol. The fourth-order valence-electron chi connectivity index (χ4n) is 4.34. The molecule has 0 amide bonds. The number of hydrogen-bond donors (Lipinski definition) is 1. The number of carboxylic acids is 1. The summed E-state index contributed by atoms with van der Waals surface area (Å²) in [4.78, 5) is 18.6. The molecule has 4 rings (SSSR count). The zero-order valence-electron chi connectivity index (χ0n) is 16.0. The van der Waals surface area contributed by atoms with Crippen LogP contribution in [0.15, 0.2) is 67.0 Å². The van der Waals surface area contributed by atoms with E-state index >= 15 is 0 Å². The molecule has 1 N–H and O–H groups in total. The second-order valence-corrected chi connectivity index (χ2v) is 7.58. The SMILES string of the molecule is CN1CC[C@H](n2ccnc2-c2ccccc2C(=O)O)[C@H](Cc2ccccc2)C1. The third kappa shape index (κ3) is 3.71. The normalized spacial score (nSPS) is 20.2. The van der Waals surface area contributed by atoms with E-state index in [-0.39, 0.29) is 6.04 Å². The third-order valence-corrected chi connectivity index (χ3v) is 5.66. The molecule has 1 aliphatic rings. The van der Waals surface area contributed by atoms with Crippen molar-refractivity contribution in [3.05, 3.63) is 78.1 Å². The van der Waals surface area contributed by atoms with E-state index in [0.29, 0.717) is 17.0 Å². The number of likely N-dealkylation sites (tertiary alicyclic amines) is 1. The smallest absolute Gasteiger partial charge is 0.336 e. The summed E-state index contributed by atoms with van der Waals surface area (Å²) in [6.07, 6.45) is 5.80. The Bertz CT molecular complexity index is 951. The Labute approximate surface area is 165 Å². The van der Waals surface area contributed by atoms with Gasteiger partial charge in [0.2, 0.25) is 0 Å². The number of aromatic nitrogens is 2. The highest BCUT2D eigenvalue weighted by atomic mass is 16.4. The first kappa shape index (κ1) is 18.4. The van der Waals surface area contributed by atoms with E-state index in [1.807, 2.05) is 24.4 Å². The summed E-state index contributed by atoms with van der Waals surface area (Å²) in [6.45, 7) is 2.03. The van der Waals surface area contributed by atoms with Gasteiger partial charge in [-0.1, -0.05) is 48.5 Å². The molecule has 28 heavy (non-hydrogen) atoms. The maximum absolute atomic E-state index is 11.7. The molecule has 0 aliphatic carbocycles. The van der Waals surface area contributed by atoms with E-state index in [1.54, 1.807) is 18.3 Å². The highest BCUT2D eigenvalue weighted by molar-refractivity contribution is 5.95. The lowest BCUT2D eigenvalue weighted by molar-refractivity contribution is 0.0697. The van der Waals surface area contributed by atoms with Gasteiger partial charge >= 0.3 is 5.97 Å². The summed E-state index contributed by atoms with van der Waals surface area (Å²) < 4.78 is 2.20. The Morgan fingerprint density at radius 3 is 2.68 bits per heavy atom. The highest BCUT2D eigenvalue weighted by Crippen LogP contribution is 2.34. The van der Waals surface area contributed by atoms with Crippen molar-refractivity contribution in [2.45, 2.75) is 18.9 Å². The number of rotatable bonds is 5. The van der Waals surface area contributed by atoms with Crippen molar-refractivity contribution in [2.24, 2.45) is 5.92 Å². The first-order valence-corrected chi connectivity index (χ1v) is 9.71. The minimum Gasteiger partial charge on any atom is -0.478 e. The van der Waals surface area contributed by atoms with E-state index in [4.69, 9.17) is 0 Å². The van der Waals surface area contributed by atoms with E-state index in [9.17, 15) is 9.90 Å². The minimum absolute atomic E-state index is 0.288. The molecule has 1 fully saturated rings. The van der Waals surface area contributed by atoms with Gasteiger partial charge in [0.15, 0.2) is 0 Å². The lowest BCUT2D eigenvalue weighted by Gasteiger charge is -2.38. The van der Waals surface area contributed by atoms with Crippen LogP contribution in [0.1, 0.15) is 28.4 Å². The van der Waals surface area contributed by atoms with Gasteiger partial charge in [0.25, 0.3) is 0 Å². The molecule has 5 heteroatoms. The van der Waals surface area contributed by atoms with Crippen LogP contribution in [0, 0.1) is 5.92 Å². The van der Waals surface area contributed by atoms with Gasteiger partial charge in [-0.05, 0) is 44.0 Å². The number of nitrogens with zero attached hydrogens (tertiary/aromatic N) is 3. The van der Waals surface area contributed by atoms with Crippen LogP contribution in [-0.2, 0) is 6.42 Å². The largest absolute Gasteiger partial charge is 0.478 e. The third-order valence-electron chi connectivity index (χ3n) is 5.66. The topological polar surface area (TPSA) is 58.4 Å². The van der Waals surface area contributed by atoms with Crippen LogP contribution in [0.2, 0.25) is 0 Å². The van der Waals surface area contributed by atoms with E-state index < -0.39 is 5.97 Å². The average Bonchev–Trinajstić information content (AvgIpc) is 3.18. The molecule has 144 valence electrons. The number of piperidine rings is 1. The zero-order valence-corrected chi connectivity index (χ0v) is 16.0. The van der Waals surface area contributed by atoms with Crippen LogP contribution >= 0.6 is 0 Å². The van der Waals surface area contributed by atoms with E-state index in [1.165, 1.54) is 5.56 Å². The zero-order chi connectivity index (χ0) is 19.5. The molecule has 0 radical (unpaired) electrons. The molecule has 0 spiro atoms. The molecule has 0 unspecified atom stereocenters. The van der Waals surface area contributed by atoms with Gasteiger partial charge in [-0.2, -0.15) is 0 Å². The summed E-state index contributed by atoms with van der Waals surface area (Å²) in [5.41, 5.74) is 2.31. The number of aromatic carboxylic acids is 1. The van der Waals surface area contributed by atoms with Gasteiger partial charge in [0, 0.05) is 30.5 Å². The monoisotopic (exact) mass is 375 g/mol. The Balaban J connectivity index is 1.70. The van der Waals surface area contributed by atoms with Crippen molar-refractivity contribution >= 4 is 5.97 Å². The first-order chi connectivity index (χ1) is 13.6. The van der Waals surface area contributed by atoms with Crippen LogP contribution in [0.5, 0.6) is 0 Å². The van der Waals surface area contributed by atoms with Crippen LogP contribution in [0.3, 0.4) is 0 Å². The number of benzene rings is 2. The van der Waals surface area contributed by atoms with Crippen LogP contribution in [0.4, 0.5) is 0 Å². The summed E-state index contributed by atoms with van der Waals surface area (Å²) >= 11 is 0. The molecule has 1 aliphatic heterocycles. The van der Waals surface area contributed by atoms with Crippen molar-refractivity contribution in [3.8, 4) is 11.4 Å². The maximum Gasteiger partial charge on any atom is 0.336 e. The predicted molar refractivity (Wildman–Crippen MR) is 109 cm³/mol. The molecule has 2 atom stereocenters. The van der Waals surface area contributed by atoms with E-state index in [2.05, 4.69) is 45.8 Å². The Kier molecular flexibility index (Phi) is 5.26. The standard InChI is InChI=1S/C23H25N3O2/c1-25-13-11-21(18(16-25)15-17-7-3-2-4-8-17)26-14-12-24-22(26)19-9-5-6-10-20(19)23(27)28/h2-10,12,14,18,21H,11,13,15-16H2,1H3,(H,27,28)/t18-,21+/m1/s1. The first-order valence-electron chi connectivity index (χ1n) is 9.71. The quantitative estimate of drug-likeness (QED) is 0.733. The lowest BCUT2D eigenvalue weighted by Crippen LogP contribution is -2.40. The summed E-state index contributed by atoms with van der Waals surface area (Å²) in [6, 6.07) is 18.0. The lowest BCUT2D eigenvalue weighted by atomic mass is 9.86. The van der Waals surface area contributed by atoms with Crippen molar-refractivity contribution in [1.82, 2.24) is 14.5 Å². The number of imidazole rings is 1. The Hall–Kier alpha value is -2.92. The fourth-order valence-corrected chi connectivity index (χ4v) is 4.34. The van der Waals surface area contributed by atoms with Crippen LogP contribution in [-0.4, -0.2) is 45.7 Å². The van der Waals surface area contributed by atoms with E-state index in [0.717, 1.165) is 31.8 Å². The fraction of sp³-hybridized carbons (Fsp3) is 0.304. The summed E-state index contributed by atoms with van der Waals surface area (Å²) in [7, 11) is 2.17. The van der Waals surface area contributed by atoms with Crippen LogP contribution in [0.25, 0.3) is 11.4 Å². The maximum atomic E-state index is 11.7. The van der Waals surface area contributed by atoms with Crippen LogP contribution < -0.4 is 0 Å². The van der Waals surface area contributed by atoms with Crippen molar-refractivity contribution < 1.29 is 9.90 Å². The van der Waals surface area contributed by atoms with Gasteiger partial charge in [-0.3, -0.25) is 0 Å². The molecule has 5 nitrogen and oxygen atoms in total. The number of carboxylic acid groups (broad SMARTS) is 1. The van der Waals surface area contributed by atoms with Crippen molar-refractivity contribution in [1.29, 1.82) is 0 Å². The van der Waals surface area contributed by atoms with Gasteiger partial charge in [0.1, 0.15) is 5.82 Å². The summed E-state index contributed by atoms with van der Waals surface area (Å²) in [5.74, 6) is 0.256. The molecule has 1 saturated heterocycles. The molecular formula is C23H25N3O2. The average molecular weight is 375 g/mol. The van der Waals surface area contributed by atoms with Crippen molar-refractivity contribution in [3.63, 3.8) is 0 Å². The summed E-state index contributed by atoms with van der Waals surface area (Å²) in [5, 5.41) is 9.60. The van der Waals surface area contributed by atoms with Gasteiger partial charge in [0.05, 0.1) is 5.56 Å². The minimum atomic E-state index is -0.922. The molecule has 2 aromatic carbocycles. The molecule has 0 saturated carbocycles. The van der Waals surface area contributed by atoms with Gasteiger partial charge < -0.3 is 14.6 Å². The molecule has 0 bridgehead atoms. The Morgan fingerprint density at radius 2 is 1.89 bits per heavy atom. The second-order valence-electron chi connectivity index (χ2n) is 7.58. The van der Waals surface area contributed by atoms with Crippen molar-refractivity contribution in [2.75, 3.05) is 20.1 Å². The van der Waals surface area contributed by atoms with Gasteiger partial charge in [-0.25, -0.2) is 9.78 Å². The second kappa shape index (κ2) is 7.98.